The van der Waals surface area contributed by atoms with Crippen LogP contribution in [0.4, 0.5) is 24.5 Å². The van der Waals surface area contributed by atoms with Crippen LogP contribution in [0.25, 0.3) is 5.69 Å². The number of fused-ring (bicyclic) bond motifs is 1. The van der Waals surface area contributed by atoms with E-state index in [-0.39, 0.29) is 16.9 Å². The van der Waals surface area contributed by atoms with Crippen LogP contribution in [0.15, 0.2) is 48.5 Å². The first-order valence-corrected chi connectivity index (χ1v) is 10.6. The minimum atomic E-state index is -4.62. The molecule has 0 bridgehead atoms. The number of carbonyl (C=O) groups excluding carboxylic acids is 3. The predicted octanol–water partition coefficient (Wildman–Crippen LogP) is 4.04. The van der Waals surface area contributed by atoms with Gasteiger partial charge in [0.05, 0.1) is 34.0 Å². The first kappa shape index (κ1) is 24.0. The summed E-state index contributed by atoms with van der Waals surface area (Å²) in [6, 6.07) is 11.8. The van der Waals surface area contributed by atoms with E-state index < -0.39 is 42.2 Å². The standard InChI is InChI=1S/C24H21F3N4O4/c1-13-21(14(2)31(29-13)17-7-5-4-6-8-17)23(34)35-15(3)22(33)30-12-20(32)28-18-11-16(24(25,26)27)9-10-19(18)30/h4-11,15H,12H2,1-3H3,(H,28,32)/t15-/m0/s1. The average molecular weight is 486 g/mol. The lowest BCUT2D eigenvalue weighted by Crippen LogP contribution is -2.47. The van der Waals surface area contributed by atoms with Crippen LogP contribution in [0, 0.1) is 13.8 Å². The number of halogens is 3. The first-order valence-electron chi connectivity index (χ1n) is 10.6. The number of nitrogens with zero attached hydrogens (tertiary/aromatic N) is 3. The number of amides is 2. The summed E-state index contributed by atoms with van der Waals surface area (Å²) in [5, 5.41) is 6.73. The zero-order valence-corrected chi connectivity index (χ0v) is 19.0. The summed E-state index contributed by atoms with van der Waals surface area (Å²) >= 11 is 0. The fourth-order valence-electron chi connectivity index (χ4n) is 3.91. The van der Waals surface area contributed by atoms with E-state index in [4.69, 9.17) is 4.74 Å². The Morgan fingerprint density at radius 3 is 2.46 bits per heavy atom. The second kappa shape index (κ2) is 8.90. The summed E-state index contributed by atoms with van der Waals surface area (Å²) in [6.07, 6.45) is -5.93. The van der Waals surface area contributed by atoms with Gasteiger partial charge in [-0.3, -0.25) is 14.5 Å². The Kier molecular flexibility index (Phi) is 6.10. The smallest absolute Gasteiger partial charge is 0.416 e. The van der Waals surface area contributed by atoms with Gasteiger partial charge in [-0.1, -0.05) is 18.2 Å². The molecule has 35 heavy (non-hydrogen) atoms. The van der Waals surface area contributed by atoms with Crippen molar-refractivity contribution in [2.24, 2.45) is 0 Å². The summed E-state index contributed by atoms with van der Waals surface area (Å²) < 4.78 is 46.2. The number of ether oxygens (including phenoxy) is 1. The molecule has 0 radical (unpaired) electrons. The molecule has 3 aromatic rings. The number of esters is 1. The minimum absolute atomic E-state index is 0.0785. The van der Waals surface area contributed by atoms with Crippen molar-refractivity contribution in [2.75, 3.05) is 16.8 Å². The summed E-state index contributed by atoms with van der Waals surface area (Å²) in [4.78, 5) is 39.1. The van der Waals surface area contributed by atoms with Gasteiger partial charge in [-0.05, 0) is 51.1 Å². The summed E-state index contributed by atoms with van der Waals surface area (Å²) in [5.41, 5.74) is 0.810. The van der Waals surface area contributed by atoms with Gasteiger partial charge in [0, 0.05) is 0 Å². The normalized spacial score (nSPS) is 14.2. The molecule has 0 unspecified atom stereocenters. The van der Waals surface area contributed by atoms with Crippen LogP contribution in [-0.2, 0) is 20.5 Å². The zero-order valence-electron chi connectivity index (χ0n) is 19.0. The average Bonchev–Trinajstić information content (AvgIpc) is 3.11. The number of hydrogen-bond acceptors (Lipinski definition) is 5. The van der Waals surface area contributed by atoms with Crippen LogP contribution in [0.2, 0.25) is 0 Å². The van der Waals surface area contributed by atoms with Crippen LogP contribution in [0.3, 0.4) is 0 Å². The summed E-state index contributed by atoms with van der Waals surface area (Å²) in [7, 11) is 0. The number of rotatable bonds is 4. The highest BCUT2D eigenvalue weighted by Gasteiger charge is 2.36. The Hall–Kier alpha value is -4.15. The third-order valence-corrected chi connectivity index (χ3v) is 5.58. The lowest BCUT2D eigenvalue weighted by molar-refractivity contribution is -0.137. The molecule has 2 heterocycles. The predicted molar refractivity (Wildman–Crippen MR) is 120 cm³/mol. The van der Waals surface area contributed by atoms with Crippen molar-refractivity contribution < 1.29 is 32.3 Å². The Morgan fingerprint density at radius 1 is 1.11 bits per heavy atom. The molecule has 2 aromatic carbocycles. The van der Waals surface area contributed by atoms with Crippen molar-refractivity contribution in [2.45, 2.75) is 33.1 Å². The lowest BCUT2D eigenvalue weighted by Gasteiger charge is -2.31. The van der Waals surface area contributed by atoms with Gasteiger partial charge in [-0.15, -0.1) is 0 Å². The molecule has 1 N–H and O–H groups in total. The number of nitrogens with one attached hydrogen (secondary N) is 1. The number of aromatic nitrogens is 2. The fraction of sp³-hybridized carbons (Fsp3) is 0.250. The molecule has 11 heteroatoms. The van der Waals surface area contributed by atoms with Crippen LogP contribution in [0.5, 0.6) is 0 Å². The molecular weight excluding hydrogens is 465 g/mol. The van der Waals surface area contributed by atoms with Gasteiger partial charge < -0.3 is 10.1 Å². The van der Waals surface area contributed by atoms with E-state index in [9.17, 15) is 27.6 Å². The zero-order chi connectivity index (χ0) is 25.5. The van der Waals surface area contributed by atoms with Crippen LogP contribution < -0.4 is 10.2 Å². The molecule has 182 valence electrons. The third kappa shape index (κ3) is 4.61. The van der Waals surface area contributed by atoms with Crippen LogP contribution in [0.1, 0.15) is 34.2 Å². The van der Waals surface area contributed by atoms with E-state index in [1.165, 1.54) is 6.92 Å². The van der Waals surface area contributed by atoms with E-state index in [0.29, 0.717) is 11.4 Å². The minimum Gasteiger partial charge on any atom is -0.449 e. The van der Waals surface area contributed by atoms with Crippen molar-refractivity contribution in [3.63, 3.8) is 0 Å². The molecule has 8 nitrogen and oxygen atoms in total. The highest BCUT2D eigenvalue weighted by Crippen LogP contribution is 2.37. The van der Waals surface area contributed by atoms with Gasteiger partial charge in [0.2, 0.25) is 5.91 Å². The third-order valence-electron chi connectivity index (χ3n) is 5.58. The lowest BCUT2D eigenvalue weighted by atomic mass is 10.1. The number of hydrogen-bond donors (Lipinski definition) is 1. The second-order valence-electron chi connectivity index (χ2n) is 8.04. The number of carbonyl (C=O) groups is 3. The number of benzene rings is 2. The van der Waals surface area contributed by atoms with E-state index in [2.05, 4.69) is 10.4 Å². The number of anilines is 2. The Labute approximate surface area is 198 Å². The second-order valence-corrected chi connectivity index (χ2v) is 8.04. The number of aryl methyl sites for hydroxylation is 1. The van der Waals surface area contributed by atoms with Crippen LogP contribution >= 0.6 is 0 Å². The topological polar surface area (TPSA) is 93.5 Å². The van der Waals surface area contributed by atoms with E-state index in [0.717, 1.165) is 28.8 Å². The van der Waals surface area contributed by atoms with Crippen molar-refractivity contribution in [3.8, 4) is 5.69 Å². The summed E-state index contributed by atoms with van der Waals surface area (Å²) in [6.45, 7) is 4.24. The molecular formula is C24H21F3N4O4. The van der Waals surface area contributed by atoms with Gasteiger partial charge in [0.15, 0.2) is 6.10 Å². The molecule has 0 saturated carbocycles. The maximum atomic E-state index is 13.1. The molecule has 2 amide bonds. The largest absolute Gasteiger partial charge is 0.449 e. The maximum Gasteiger partial charge on any atom is 0.416 e. The van der Waals surface area contributed by atoms with Crippen molar-refractivity contribution >= 4 is 29.2 Å². The van der Waals surface area contributed by atoms with Crippen molar-refractivity contribution in [1.29, 1.82) is 0 Å². The van der Waals surface area contributed by atoms with Gasteiger partial charge >= 0.3 is 12.1 Å². The van der Waals surface area contributed by atoms with Crippen molar-refractivity contribution in [1.82, 2.24) is 9.78 Å². The molecule has 0 fully saturated rings. The fourth-order valence-corrected chi connectivity index (χ4v) is 3.91. The van der Waals surface area contributed by atoms with E-state index >= 15 is 0 Å². The Bertz CT molecular complexity index is 1320. The molecule has 1 aliphatic heterocycles. The van der Waals surface area contributed by atoms with Crippen molar-refractivity contribution in [3.05, 3.63) is 71.0 Å². The molecule has 0 spiro atoms. The SMILES string of the molecule is Cc1nn(-c2ccccc2)c(C)c1C(=O)O[C@@H](C)C(=O)N1CC(=O)Nc2cc(C(F)(F)F)ccc21. The van der Waals surface area contributed by atoms with Gasteiger partial charge in [0.25, 0.3) is 5.91 Å². The summed E-state index contributed by atoms with van der Waals surface area (Å²) in [5.74, 6) is -2.20. The molecule has 4 rings (SSSR count). The first-order chi connectivity index (χ1) is 16.5. The molecule has 0 saturated heterocycles. The molecule has 1 aromatic heterocycles. The highest BCUT2D eigenvalue weighted by molar-refractivity contribution is 6.11. The van der Waals surface area contributed by atoms with Gasteiger partial charge in [0.1, 0.15) is 12.1 Å². The quantitative estimate of drug-likeness (QED) is 0.562. The van der Waals surface area contributed by atoms with Gasteiger partial charge in [-0.2, -0.15) is 18.3 Å². The molecule has 1 atom stereocenters. The Morgan fingerprint density at radius 2 is 1.80 bits per heavy atom. The number of alkyl halides is 3. The highest BCUT2D eigenvalue weighted by atomic mass is 19.4. The van der Waals surface area contributed by atoms with Gasteiger partial charge in [-0.25, -0.2) is 9.48 Å². The van der Waals surface area contributed by atoms with Crippen LogP contribution in [-0.4, -0.2) is 40.2 Å². The monoisotopic (exact) mass is 486 g/mol. The maximum absolute atomic E-state index is 13.1. The Balaban J connectivity index is 1.56. The number of para-hydroxylation sites is 1. The molecule has 0 aliphatic carbocycles. The molecule has 1 aliphatic rings. The van der Waals surface area contributed by atoms with E-state index in [1.807, 2.05) is 30.3 Å². The van der Waals surface area contributed by atoms with E-state index in [1.54, 1.807) is 18.5 Å².